The highest BCUT2D eigenvalue weighted by Gasteiger charge is 2.23. The number of fused-ring (bicyclic) bond motifs is 1. The summed E-state index contributed by atoms with van der Waals surface area (Å²) in [5, 5.41) is 4.31. The first-order valence-electron chi connectivity index (χ1n) is 5.11. The Morgan fingerprint density at radius 1 is 1.71 bits per heavy atom. The third-order valence-corrected chi connectivity index (χ3v) is 2.66. The number of hydrogen-bond donors (Lipinski definition) is 1. The molecule has 0 aliphatic carbocycles. The van der Waals surface area contributed by atoms with Gasteiger partial charge in [-0.15, -0.1) is 0 Å². The summed E-state index contributed by atoms with van der Waals surface area (Å²) in [5.41, 5.74) is 6.80. The minimum Gasteiger partial charge on any atom is -0.477 e. The van der Waals surface area contributed by atoms with E-state index in [4.69, 9.17) is 10.5 Å². The molecule has 78 valence electrons. The van der Waals surface area contributed by atoms with Crippen molar-refractivity contribution in [1.29, 1.82) is 0 Å². The summed E-state index contributed by atoms with van der Waals surface area (Å²) in [6.45, 7) is 6.57. The van der Waals surface area contributed by atoms with Gasteiger partial charge in [0.1, 0.15) is 0 Å². The minimum absolute atomic E-state index is 0.405. The number of ether oxygens (including phenoxy) is 1. The molecule has 1 aliphatic rings. The van der Waals surface area contributed by atoms with Crippen LogP contribution in [0.15, 0.2) is 6.20 Å². The lowest BCUT2D eigenvalue weighted by atomic mass is 10.1. The molecule has 2 rings (SSSR count). The Kier molecular flexibility index (Phi) is 2.46. The van der Waals surface area contributed by atoms with Crippen molar-refractivity contribution in [3.63, 3.8) is 0 Å². The van der Waals surface area contributed by atoms with Crippen molar-refractivity contribution in [2.45, 2.75) is 26.3 Å². The van der Waals surface area contributed by atoms with Crippen LogP contribution in [0, 0.1) is 5.92 Å². The molecule has 0 fully saturated rings. The standard InChI is InChI=1S/C10H17N3O/c1-7(2)9-4-12-13-5-8(3-11)6-14-10(9)13/h4,7-8H,3,5-6,11H2,1-2H3. The molecule has 0 radical (unpaired) electrons. The van der Waals surface area contributed by atoms with E-state index in [9.17, 15) is 0 Å². The Labute approximate surface area is 84.0 Å². The van der Waals surface area contributed by atoms with Crippen LogP contribution in [0.1, 0.15) is 25.3 Å². The van der Waals surface area contributed by atoms with Gasteiger partial charge in [-0.1, -0.05) is 13.8 Å². The average Bonchev–Trinajstić information content (AvgIpc) is 2.59. The fraction of sp³-hybridized carbons (Fsp3) is 0.700. The van der Waals surface area contributed by atoms with E-state index < -0.39 is 0 Å². The van der Waals surface area contributed by atoms with Gasteiger partial charge in [0.05, 0.1) is 19.3 Å². The first-order chi connectivity index (χ1) is 6.72. The minimum atomic E-state index is 0.405. The summed E-state index contributed by atoms with van der Waals surface area (Å²) in [5.74, 6) is 1.81. The van der Waals surface area contributed by atoms with Crippen molar-refractivity contribution < 1.29 is 4.74 Å². The van der Waals surface area contributed by atoms with E-state index >= 15 is 0 Å². The molecular formula is C10H17N3O. The monoisotopic (exact) mass is 195 g/mol. The smallest absolute Gasteiger partial charge is 0.215 e. The van der Waals surface area contributed by atoms with Crippen LogP contribution >= 0.6 is 0 Å². The molecule has 2 heterocycles. The topological polar surface area (TPSA) is 53.1 Å². The third-order valence-electron chi connectivity index (χ3n) is 2.66. The summed E-state index contributed by atoms with van der Waals surface area (Å²) in [7, 11) is 0. The second-order valence-corrected chi connectivity index (χ2v) is 4.15. The summed E-state index contributed by atoms with van der Waals surface area (Å²) in [4.78, 5) is 0. The molecule has 0 saturated carbocycles. The quantitative estimate of drug-likeness (QED) is 0.765. The average molecular weight is 195 g/mol. The van der Waals surface area contributed by atoms with Crippen LogP contribution in [-0.4, -0.2) is 22.9 Å². The highest BCUT2D eigenvalue weighted by atomic mass is 16.5. The maximum atomic E-state index is 5.68. The van der Waals surface area contributed by atoms with Crippen molar-refractivity contribution in [2.75, 3.05) is 13.2 Å². The van der Waals surface area contributed by atoms with Gasteiger partial charge in [-0.2, -0.15) is 5.10 Å². The second kappa shape index (κ2) is 3.61. The number of aromatic nitrogens is 2. The SMILES string of the molecule is CC(C)c1cnn2c1OCC(CN)C2. The number of nitrogens with two attached hydrogens (primary N) is 1. The fourth-order valence-corrected chi connectivity index (χ4v) is 1.71. The van der Waals surface area contributed by atoms with E-state index in [0.29, 0.717) is 18.4 Å². The second-order valence-electron chi connectivity index (χ2n) is 4.15. The van der Waals surface area contributed by atoms with Crippen LogP contribution in [0.2, 0.25) is 0 Å². The van der Waals surface area contributed by atoms with E-state index in [1.807, 2.05) is 10.9 Å². The van der Waals surface area contributed by atoms with Gasteiger partial charge in [-0.3, -0.25) is 0 Å². The zero-order valence-electron chi connectivity index (χ0n) is 8.73. The molecular weight excluding hydrogens is 178 g/mol. The van der Waals surface area contributed by atoms with Crippen molar-refractivity contribution >= 4 is 0 Å². The molecule has 2 N–H and O–H groups in total. The maximum absolute atomic E-state index is 5.68. The Balaban J connectivity index is 2.25. The molecule has 0 aromatic carbocycles. The molecule has 0 spiro atoms. The van der Waals surface area contributed by atoms with E-state index in [-0.39, 0.29) is 0 Å². The summed E-state index contributed by atoms with van der Waals surface area (Å²) < 4.78 is 7.61. The largest absolute Gasteiger partial charge is 0.477 e. The van der Waals surface area contributed by atoms with Crippen LogP contribution in [0.5, 0.6) is 5.88 Å². The Hall–Kier alpha value is -1.03. The lowest BCUT2D eigenvalue weighted by Crippen LogP contribution is -2.31. The summed E-state index contributed by atoms with van der Waals surface area (Å²) in [6.07, 6.45) is 1.90. The Morgan fingerprint density at radius 2 is 2.50 bits per heavy atom. The number of nitrogens with zero attached hydrogens (tertiary/aromatic N) is 2. The van der Waals surface area contributed by atoms with Gasteiger partial charge < -0.3 is 10.5 Å². The molecule has 1 aliphatic heterocycles. The fourth-order valence-electron chi connectivity index (χ4n) is 1.71. The summed E-state index contributed by atoms with van der Waals surface area (Å²) >= 11 is 0. The van der Waals surface area contributed by atoms with Crippen molar-refractivity contribution in [1.82, 2.24) is 9.78 Å². The molecule has 14 heavy (non-hydrogen) atoms. The molecule has 1 atom stereocenters. The highest BCUT2D eigenvalue weighted by molar-refractivity contribution is 5.28. The Morgan fingerprint density at radius 3 is 3.14 bits per heavy atom. The van der Waals surface area contributed by atoms with Gasteiger partial charge in [-0.25, -0.2) is 4.68 Å². The van der Waals surface area contributed by atoms with Gasteiger partial charge in [0.2, 0.25) is 5.88 Å². The van der Waals surface area contributed by atoms with Gasteiger partial charge in [0.15, 0.2) is 0 Å². The van der Waals surface area contributed by atoms with Crippen molar-refractivity contribution in [2.24, 2.45) is 11.7 Å². The van der Waals surface area contributed by atoms with Crippen molar-refractivity contribution in [3.05, 3.63) is 11.8 Å². The third kappa shape index (κ3) is 1.50. The molecule has 0 bridgehead atoms. The van der Waals surface area contributed by atoms with Crippen LogP contribution in [-0.2, 0) is 6.54 Å². The van der Waals surface area contributed by atoms with E-state index in [1.54, 1.807) is 0 Å². The van der Waals surface area contributed by atoms with Crippen LogP contribution in [0.3, 0.4) is 0 Å². The van der Waals surface area contributed by atoms with E-state index in [0.717, 1.165) is 19.0 Å². The first-order valence-corrected chi connectivity index (χ1v) is 5.11. The van der Waals surface area contributed by atoms with Crippen LogP contribution < -0.4 is 10.5 Å². The van der Waals surface area contributed by atoms with Gasteiger partial charge >= 0.3 is 0 Å². The zero-order valence-corrected chi connectivity index (χ0v) is 8.73. The first kappa shape index (κ1) is 9.52. The number of hydrogen-bond acceptors (Lipinski definition) is 3. The van der Waals surface area contributed by atoms with Crippen LogP contribution in [0.25, 0.3) is 0 Å². The molecule has 1 unspecified atom stereocenters. The summed E-state index contributed by atoms with van der Waals surface area (Å²) in [6, 6.07) is 0. The molecule has 1 aromatic rings. The van der Waals surface area contributed by atoms with Gasteiger partial charge in [0.25, 0.3) is 0 Å². The van der Waals surface area contributed by atoms with E-state index in [2.05, 4.69) is 18.9 Å². The van der Waals surface area contributed by atoms with Crippen molar-refractivity contribution in [3.8, 4) is 5.88 Å². The lowest BCUT2D eigenvalue weighted by Gasteiger charge is -2.24. The predicted molar refractivity (Wildman–Crippen MR) is 54.4 cm³/mol. The number of rotatable bonds is 2. The van der Waals surface area contributed by atoms with Gasteiger partial charge in [-0.05, 0) is 5.92 Å². The molecule has 0 amide bonds. The van der Waals surface area contributed by atoms with Crippen LogP contribution in [0.4, 0.5) is 0 Å². The normalized spacial score (nSPS) is 20.7. The molecule has 0 saturated heterocycles. The maximum Gasteiger partial charge on any atom is 0.215 e. The van der Waals surface area contributed by atoms with E-state index in [1.165, 1.54) is 5.56 Å². The highest BCUT2D eigenvalue weighted by Crippen LogP contribution is 2.29. The lowest BCUT2D eigenvalue weighted by molar-refractivity contribution is 0.166. The zero-order chi connectivity index (χ0) is 10.1. The molecule has 4 nitrogen and oxygen atoms in total. The molecule has 4 heteroatoms. The Bertz CT molecular complexity index is 319. The molecule has 1 aromatic heterocycles. The van der Waals surface area contributed by atoms with Gasteiger partial charge in [0, 0.05) is 18.0 Å². The predicted octanol–water partition coefficient (Wildman–Crippen LogP) is 0.974.